The highest BCUT2D eigenvalue weighted by Gasteiger charge is 2.22. The van der Waals surface area contributed by atoms with Crippen molar-refractivity contribution in [3.8, 4) is 5.75 Å². The second kappa shape index (κ2) is 4.92. The van der Waals surface area contributed by atoms with E-state index >= 15 is 0 Å². The normalized spacial score (nSPS) is 18.4. The molecule has 2 N–H and O–H groups in total. The molecule has 1 aromatic carbocycles. The first-order valence-corrected chi connectivity index (χ1v) is 7.85. The molecule has 3 rings (SSSR count). The van der Waals surface area contributed by atoms with Crippen LogP contribution in [0.2, 0.25) is 0 Å². The lowest BCUT2D eigenvalue weighted by Gasteiger charge is -2.25. The largest absolute Gasteiger partial charge is 0.493 e. The van der Waals surface area contributed by atoms with Gasteiger partial charge < -0.3 is 4.74 Å². The number of rotatable bonds is 3. The van der Waals surface area contributed by atoms with Crippen LogP contribution >= 0.6 is 0 Å². The molecule has 20 heavy (non-hydrogen) atoms. The Morgan fingerprint density at radius 3 is 2.95 bits per heavy atom. The van der Waals surface area contributed by atoms with E-state index in [1.807, 2.05) is 24.3 Å². The summed E-state index contributed by atoms with van der Waals surface area (Å²) in [6, 6.07) is 7.89. The van der Waals surface area contributed by atoms with Gasteiger partial charge in [0, 0.05) is 18.7 Å². The van der Waals surface area contributed by atoms with Crippen molar-refractivity contribution in [3.63, 3.8) is 0 Å². The molecule has 0 amide bonds. The Bertz CT molecular complexity index is 724. The smallest absolute Gasteiger partial charge is 0.241 e. The molecule has 7 heteroatoms. The van der Waals surface area contributed by atoms with Crippen LogP contribution in [0.25, 0.3) is 0 Å². The number of aromatic nitrogens is 2. The molecule has 106 valence electrons. The number of fused-ring (bicyclic) bond motifs is 1. The van der Waals surface area contributed by atoms with E-state index in [1.165, 1.54) is 12.4 Å². The maximum atomic E-state index is 11.2. The molecule has 1 aliphatic rings. The van der Waals surface area contributed by atoms with E-state index in [2.05, 4.69) is 5.10 Å². The Balaban J connectivity index is 1.84. The maximum absolute atomic E-state index is 11.2. The highest BCUT2D eigenvalue weighted by Crippen LogP contribution is 2.34. The fourth-order valence-electron chi connectivity index (χ4n) is 2.42. The summed E-state index contributed by atoms with van der Waals surface area (Å²) < 4.78 is 29.7. The van der Waals surface area contributed by atoms with Crippen LogP contribution in [0.1, 0.15) is 17.9 Å². The summed E-state index contributed by atoms with van der Waals surface area (Å²) in [5.74, 6) is 1.15. The van der Waals surface area contributed by atoms with Crippen molar-refractivity contribution in [2.24, 2.45) is 5.14 Å². The van der Waals surface area contributed by atoms with Crippen LogP contribution in [0.15, 0.2) is 41.6 Å². The molecule has 0 spiro atoms. The van der Waals surface area contributed by atoms with Gasteiger partial charge in [-0.1, -0.05) is 18.2 Å². The van der Waals surface area contributed by atoms with Crippen LogP contribution in [0.4, 0.5) is 0 Å². The third kappa shape index (κ3) is 2.54. The molecule has 1 atom stereocenters. The predicted octanol–water partition coefficient (Wildman–Crippen LogP) is 1.10. The van der Waals surface area contributed by atoms with E-state index < -0.39 is 10.0 Å². The lowest BCUT2D eigenvalue weighted by Crippen LogP contribution is -2.19. The minimum atomic E-state index is -3.69. The SMILES string of the molecule is NS(=O)(=O)c1cnn(CC2CCOc3ccccc32)c1. The van der Waals surface area contributed by atoms with Crippen LogP contribution in [-0.2, 0) is 16.6 Å². The summed E-state index contributed by atoms with van der Waals surface area (Å²) in [6.07, 6.45) is 3.62. The topological polar surface area (TPSA) is 87.2 Å². The standard InChI is InChI=1S/C13H15N3O3S/c14-20(17,18)11-7-15-16(9-11)8-10-5-6-19-13-4-2-1-3-12(10)13/h1-4,7,9-10H,5-6,8H2,(H2,14,17,18). The lowest BCUT2D eigenvalue weighted by molar-refractivity contribution is 0.256. The Morgan fingerprint density at radius 1 is 1.40 bits per heavy atom. The van der Waals surface area contributed by atoms with E-state index in [4.69, 9.17) is 9.88 Å². The Labute approximate surface area is 117 Å². The molecular weight excluding hydrogens is 278 g/mol. The number of nitrogens with zero attached hydrogens (tertiary/aromatic N) is 2. The van der Waals surface area contributed by atoms with Gasteiger partial charge in [-0.05, 0) is 18.1 Å². The lowest BCUT2D eigenvalue weighted by atomic mass is 9.93. The second-order valence-corrected chi connectivity index (χ2v) is 6.38. The third-order valence-corrected chi connectivity index (χ3v) is 4.30. The van der Waals surface area contributed by atoms with Crippen molar-refractivity contribution < 1.29 is 13.2 Å². The van der Waals surface area contributed by atoms with E-state index in [1.54, 1.807) is 4.68 Å². The summed E-state index contributed by atoms with van der Waals surface area (Å²) in [7, 11) is -3.69. The highest BCUT2D eigenvalue weighted by atomic mass is 32.2. The number of primary sulfonamides is 1. The van der Waals surface area contributed by atoms with Gasteiger partial charge >= 0.3 is 0 Å². The summed E-state index contributed by atoms with van der Waals surface area (Å²) in [5, 5.41) is 9.15. The number of ether oxygens (including phenoxy) is 1. The van der Waals surface area contributed by atoms with Crippen molar-refractivity contribution in [1.29, 1.82) is 0 Å². The van der Waals surface area contributed by atoms with Gasteiger partial charge in [-0.2, -0.15) is 5.10 Å². The fraction of sp³-hybridized carbons (Fsp3) is 0.308. The summed E-state index contributed by atoms with van der Waals surface area (Å²) in [4.78, 5) is 0.0397. The van der Waals surface area contributed by atoms with Gasteiger partial charge in [0.2, 0.25) is 10.0 Å². The number of para-hydroxylation sites is 1. The van der Waals surface area contributed by atoms with Crippen LogP contribution in [-0.4, -0.2) is 24.8 Å². The van der Waals surface area contributed by atoms with Gasteiger partial charge in [-0.15, -0.1) is 0 Å². The molecule has 0 bridgehead atoms. The van der Waals surface area contributed by atoms with Crippen molar-refractivity contribution in [2.45, 2.75) is 23.8 Å². The first kappa shape index (κ1) is 13.1. The Morgan fingerprint density at radius 2 is 2.20 bits per heavy atom. The minimum absolute atomic E-state index is 0.0397. The zero-order valence-electron chi connectivity index (χ0n) is 10.8. The summed E-state index contributed by atoms with van der Waals surface area (Å²) in [5.41, 5.74) is 1.13. The minimum Gasteiger partial charge on any atom is -0.493 e. The van der Waals surface area contributed by atoms with Crippen molar-refractivity contribution in [1.82, 2.24) is 9.78 Å². The fourth-order valence-corrected chi connectivity index (χ4v) is 2.89. The van der Waals surface area contributed by atoms with Gasteiger partial charge in [-0.25, -0.2) is 13.6 Å². The van der Waals surface area contributed by atoms with Gasteiger partial charge in [0.15, 0.2) is 0 Å². The number of sulfonamides is 1. The molecule has 1 unspecified atom stereocenters. The summed E-state index contributed by atoms with van der Waals surface area (Å²) in [6.45, 7) is 1.26. The zero-order valence-corrected chi connectivity index (χ0v) is 11.6. The number of hydrogen-bond acceptors (Lipinski definition) is 4. The average molecular weight is 293 g/mol. The molecule has 1 aromatic heterocycles. The number of hydrogen-bond donors (Lipinski definition) is 1. The van der Waals surface area contributed by atoms with E-state index in [9.17, 15) is 8.42 Å². The first-order chi connectivity index (χ1) is 9.54. The van der Waals surface area contributed by atoms with E-state index in [0.29, 0.717) is 13.2 Å². The van der Waals surface area contributed by atoms with E-state index in [-0.39, 0.29) is 10.8 Å². The predicted molar refractivity (Wildman–Crippen MR) is 72.9 cm³/mol. The number of benzene rings is 1. The third-order valence-electron chi connectivity index (χ3n) is 3.43. The van der Waals surface area contributed by atoms with Gasteiger partial charge in [0.25, 0.3) is 0 Å². The molecule has 0 saturated carbocycles. The zero-order chi connectivity index (χ0) is 14.2. The Kier molecular flexibility index (Phi) is 3.23. The highest BCUT2D eigenvalue weighted by molar-refractivity contribution is 7.89. The quantitative estimate of drug-likeness (QED) is 0.918. The molecule has 6 nitrogen and oxygen atoms in total. The van der Waals surface area contributed by atoms with Crippen LogP contribution < -0.4 is 9.88 Å². The summed E-state index contributed by atoms with van der Waals surface area (Å²) >= 11 is 0. The molecule has 0 fully saturated rings. The number of nitrogens with two attached hydrogens (primary N) is 1. The molecule has 0 aliphatic carbocycles. The second-order valence-electron chi connectivity index (χ2n) is 4.81. The Hall–Kier alpha value is -1.86. The molecule has 2 aromatic rings. The molecule has 2 heterocycles. The van der Waals surface area contributed by atoms with E-state index in [0.717, 1.165) is 17.7 Å². The van der Waals surface area contributed by atoms with Gasteiger partial charge in [-0.3, -0.25) is 4.68 Å². The maximum Gasteiger partial charge on any atom is 0.241 e. The average Bonchev–Trinajstić information content (AvgIpc) is 2.88. The molecular formula is C13H15N3O3S. The molecule has 0 saturated heterocycles. The first-order valence-electron chi connectivity index (χ1n) is 6.31. The van der Waals surface area contributed by atoms with Crippen LogP contribution in [0.3, 0.4) is 0 Å². The van der Waals surface area contributed by atoms with Gasteiger partial charge in [0.1, 0.15) is 10.6 Å². The van der Waals surface area contributed by atoms with Crippen molar-refractivity contribution >= 4 is 10.0 Å². The molecule has 0 radical (unpaired) electrons. The van der Waals surface area contributed by atoms with Crippen molar-refractivity contribution in [3.05, 3.63) is 42.2 Å². The van der Waals surface area contributed by atoms with Gasteiger partial charge in [0.05, 0.1) is 12.8 Å². The van der Waals surface area contributed by atoms with Crippen LogP contribution in [0.5, 0.6) is 5.75 Å². The monoisotopic (exact) mass is 293 g/mol. The van der Waals surface area contributed by atoms with Crippen LogP contribution in [0, 0.1) is 0 Å². The molecule has 1 aliphatic heterocycles. The van der Waals surface area contributed by atoms with Crippen molar-refractivity contribution in [2.75, 3.05) is 6.61 Å².